The molecule has 0 saturated heterocycles. The Hall–Kier alpha value is -1.39. The standard InChI is InChI=1S/C18H28N2O2/c1-5-22-16-12-15(18(16,2)3)20(4)17(21)14(19)11-13-9-7-6-8-10-13/h6-10,14-16H,5,11-12,19H2,1-4H3/t14-,15?,16?/m0/s1. The number of ether oxygens (including phenoxy) is 1. The molecule has 4 heteroatoms. The number of carbonyl (C=O) groups excluding carboxylic acids is 1. The minimum absolute atomic E-state index is 0.0110. The van der Waals surface area contributed by atoms with Gasteiger partial charge in [0.15, 0.2) is 0 Å². The monoisotopic (exact) mass is 304 g/mol. The maximum atomic E-state index is 12.6. The van der Waals surface area contributed by atoms with Crippen LogP contribution in [0.5, 0.6) is 0 Å². The quantitative estimate of drug-likeness (QED) is 0.877. The van der Waals surface area contributed by atoms with E-state index in [9.17, 15) is 4.79 Å². The largest absolute Gasteiger partial charge is 0.378 e. The summed E-state index contributed by atoms with van der Waals surface area (Å²) in [4.78, 5) is 14.4. The Morgan fingerprint density at radius 2 is 2.05 bits per heavy atom. The molecule has 2 N–H and O–H groups in total. The first-order valence-corrected chi connectivity index (χ1v) is 8.05. The maximum Gasteiger partial charge on any atom is 0.239 e. The Kier molecular flexibility index (Phi) is 5.24. The van der Waals surface area contributed by atoms with Gasteiger partial charge in [0, 0.05) is 25.1 Å². The second-order valence-corrected chi connectivity index (χ2v) is 6.76. The number of likely N-dealkylation sites (N-methyl/N-ethyl adjacent to an activating group) is 1. The van der Waals surface area contributed by atoms with E-state index < -0.39 is 6.04 Å². The lowest BCUT2D eigenvalue weighted by Crippen LogP contribution is -2.64. The third-order valence-corrected chi connectivity index (χ3v) is 4.92. The van der Waals surface area contributed by atoms with E-state index in [-0.39, 0.29) is 23.5 Å². The second kappa shape index (κ2) is 6.80. The summed E-state index contributed by atoms with van der Waals surface area (Å²) in [6, 6.07) is 9.62. The Labute approximate surface area is 133 Å². The Balaban J connectivity index is 1.95. The van der Waals surface area contributed by atoms with Gasteiger partial charge in [0.2, 0.25) is 5.91 Å². The highest BCUT2D eigenvalue weighted by Gasteiger charge is 2.52. The van der Waals surface area contributed by atoms with Gasteiger partial charge in [-0.1, -0.05) is 44.2 Å². The summed E-state index contributed by atoms with van der Waals surface area (Å²) in [5.41, 5.74) is 7.20. The maximum absolute atomic E-state index is 12.6. The summed E-state index contributed by atoms with van der Waals surface area (Å²) in [5, 5.41) is 0. The molecule has 0 bridgehead atoms. The van der Waals surface area contributed by atoms with Crippen LogP contribution in [0.25, 0.3) is 0 Å². The molecule has 0 spiro atoms. The van der Waals surface area contributed by atoms with E-state index in [1.807, 2.05) is 49.2 Å². The van der Waals surface area contributed by atoms with Crippen molar-refractivity contribution in [1.29, 1.82) is 0 Å². The van der Waals surface area contributed by atoms with Gasteiger partial charge in [-0.15, -0.1) is 0 Å². The van der Waals surface area contributed by atoms with Crippen molar-refractivity contribution in [3.63, 3.8) is 0 Å². The molecule has 1 amide bonds. The Morgan fingerprint density at radius 1 is 1.41 bits per heavy atom. The van der Waals surface area contributed by atoms with Gasteiger partial charge in [-0.05, 0) is 25.3 Å². The fraction of sp³-hybridized carbons (Fsp3) is 0.611. The number of benzene rings is 1. The lowest BCUT2D eigenvalue weighted by atomic mass is 9.63. The molecule has 0 radical (unpaired) electrons. The number of rotatable bonds is 6. The van der Waals surface area contributed by atoms with E-state index in [0.29, 0.717) is 13.0 Å². The van der Waals surface area contributed by atoms with Crippen LogP contribution in [-0.4, -0.2) is 42.6 Å². The molecular formula is C18H28N2O2. The smallest absolute Gasteiger partial charge is 0.239 e. The summed E-state index contributed by atoms with van der Waals surface area (Å²) in [6.45, 7) is 7.04. The number of hydrogen-bond acceptors (Lipinski definition) is 3. The van der Waals surface area contributed by atoms with Gasteiger partial charge in [0.05, 0.1) is 12.1 Å². The second-order valence-electron chi connectivity index (χ2n) is 6.76. The van der Waals surface area contributed by atoms with Gasteiger partial charge in [0.1, 0.15) is 0 Å². The number of carbonyl (C=O) groups is 1. The van der Waals surface area contributed by atoms with E-state index in [1.54, 1.807) is 0 Å². The third kappa shape index (κ3) is 3.33. The molecule has 0 heterocycles. The third-order valence-electron chi connectivity index (χ3n) is 4.92. The minimum Gasteiger partial charge on any atom is -0.378 e. The molecule has 2 rings (SSSR count). The molecule has 22 heavy (non-hydrogen) atoms. The summed E-state index contributed by atoms with van der Waals surface area (Å²) in [6.07, 6.45) is 1.69. The van der Waals surface area contributed by atoms with Gasteiger partial charge in [-0.3, -0.25) is 4.79 Å². The van der Waals surface area contributed by atoms with Gasteiger partial charge in [0.25, 0.3) is 0 Å². The number of amides is 1. The predicted molar refractivity (Wildman–Crippen MR) is 88.5 cm³/mol. The molecule has 122 valence electrons. The molecule has 1 aromatic rings. The lowest BCUT2D eigenvalue weighted by molar-refractivity contribution is -0.164. The molecule has 1 aliphatic rings. The van der Waals surface area contributed by atoms with Gasteiger partial charge >= 0.3 is 0 Å². The zero-order valence-corrected chi connectivity index (χ0v) is 14.1. The molecule has 3 atom stereocenters. The Bertz CT molecular complexity index is 501. The van der Waals surface area contributed by atoms with Crippen LogP contribution in [0.2, 0.25) is 0 Å². The topological polar surface area (TPSA) is 55.6 Å². The molecule has 0 aromatic heterocycles. The van der Waals surface area contributed by atoms with Crippen LogP contribution < -0.4 is 5.73 Å². The van der Waals surface area contributed by atoms with Crippen molar-refractivity contribution in [2.45, 2.75) is 51.8 Å². The van der Waals surface area contributed by atoms with E-state index in [4.69, 9.17) is 10.5 Å². The highest BCUT2D eigenvalue weighted by molar-refractivity contribution is 5.82. The van der Waals surface area contributed by atoms with E-state index >= 15 is 0 Å². The van der Waals surface area contributed by atoms with E-state index in [1.165, 1.54) is 0 Å². The van der Waals surface area contributed by atoms with Gasteiger partial charge in [-0.2, -0.15) is 0 Å². The number of nitrogens with two attached hydrogens (primary N) is 1. The molecule has 0 aliphatic heterocycles. The zero-order chi connectivity index (χ0) is 16.3. The first-order chi connectivity index (χ1) is 10.4. The SMILES string of the molecule is CCOC1CC(N(C)C(=O)[C@@H](N)Cc2ccccc2)C1(C)C. The summed E-state index contributed by atoms with van der Waals surface area (Å²) < 4.78 is 5.74. The van der Waals surface area contributed by atoms with Crippen LogP contribution >= 0.6 is 0 Å². The minimum atomic E-state index is -0.491. The van der Waals surface area contributed by atoms with Crippen LogP contribution in [0, 0.1) is 5.41 Å². The van der Waals surface area contributed by atoms with E-state index in [0.717, 1.165) is 12.0 Å². The fourth-order valence-electron chi connectivity index (χ4n) is 3.38. The highest BCUT2D eigenvalue weighted by Crippen LogP contribution is 2.45. The van der Waals surface area contributed by atoms with Crippen LogP contribution in [0.15, 0.2) is 30.3 Å². The fourth-order valence-corrected chi connectivity index (χ4v) is 3.38. The van der Waals surface area contributed by atoms with Crippen LogP contribution in [0.1, 0.15) is 32.8 Å². The van der Waals surface area contributed by atoms with Crippen LogP contribution in [0.3, 0.4) is 0 Å². The lowest BCUT2D eigenvalue weighted by Gasteiger charge is -2.55. The molecule has 1 aromatic carbocycles. The summed E-state index contributed by atoms with van der Waals surface area (Å²) in [5.74, 6) is 0.0110. The predicted octanol–water partition coefficient (Wildman–Crippen LogP) is 2.22. The molecule has 2 unspecified atom stereocenters. The van der Waals surface area contributed by atoms with Crippen molar-refractivity contribution in [3.05, 3.63) is 35.9 Å². The van der Waals surface area contributed by atoms with Crippen LogP contribution in [0.4, 0.5) is 0 Å². The normalized spacial score (nSPS) is 24.4. The Morgan fingerprint density at radius 3 is 2.59 bits per heavy atom. The molecule has 1 fully saturated rings. The first-order valence-electron chi connectivity index (χ1n) is 8.05. The number of nitrogens with zero attached hydrogens (tertiary/aromatic N) is 1. The molecule has 1 saturated carbocycles. The van der Waals surface area contributed by atoms with Crippen molar-refractivity contribution in [3.8, 4) is 0 Å². The van der Waals surface area contributed by atoms with Crippen molar-refractivity contribution in [2.24, 2.45) is 11.1 Å². The van der Waals surface area contributed by atoms with Gasteiger partial charge in [-0.25, -0.2) is 0 Å². The average molecular weight is 304 g/mol. The molecular weight excluding hydrogens is 276 g/mol. The van der Waals surface area contributed by atoms with Crippen molar-refractivity contribution >= 4 is 5.91 Å². The van der Waals surface area contributed by atoms with Crippen molar-refractivity contribution in [1.82, 2.24) is 4.90 Å². The highest BCUT2D eigenvalue weighted by atomic mass is 16.5. The average Bonchev–Trinajstić information content (AvgIpc) is 2.50. The molecule has 4 nitrogen and oxygen atoms in total. The first kappa shape index (κ1) is 17.0. The zero-order valence-electron chi connectivity index (χ0n) is 14.1. The number of hydrogen-bond donors (Lipinski definition) is 1. The van der Waals surface area contributed by atoms with Gasteiger partial charge < -0.3 is 15.4 Å². The summed E-state index contributed by atoms with van der Waals surface area (Å²) >= 11 is 0. The van der Waals surface area contributed by atoms with E-state index in [2.05, 4.69) is 13.8 Å². The van der Waals surface area contributed by atoms with Crippen molar-refractivity contribution < 1.29 is 9.53 Å². The molecule has 1 aliphatic carbocycles. The van der Waals surface area contributed by atoms with Crippen molar-refractivity contribution in [2.75, 3.05) is 13.7 Å². The summed E-state index contributed by atoms with van der Waals surface area (Å²) in [7, 11) is 1.86. The van der Waals surface area contributed by atoms with Crippen LogP contribution in [-0.2, 0) is 16.0 Å².